The second-order valence-electron chi connectivity index (χ2n) is 3.88. The van der Waals surface area contributed by atoms with Gasteiger partial charge in [-0.1, -0.05) is 0 Å². The van der Waals surface area contributed by atoms with Gasteiger partial charge in [0.05, 0.1) is 23.4 Å². The van der Waals surface area contributed by atoms with Crippen LogP contribution in [0.4, 0.5) is 5.69 Å². The number of carbonyl (C=O) groups is 1. The minimum atomic E-state index is -1.22. The van der Waals surface area contributed by atoms with Crippen LogP contribution in [0.1, 0.15) is 17.3 Å². The first-order valence-electron chi connectivity index (χ1n) is 5.73. The van der Waals surface area contributed by atoms with Crippen LogP contribution >= 0.6 is 0 Å². The van der Waals surface area contributed by atoms with E-state index in [9.17, 15) is 14.9 Å². The molecule has 0 aliphatic rings. The zero-order valence-corrected chi connectivity index (χ0v) is 10.5. The molecule has 0 amide bonds. The number of non-ortho nitro benzene ring substituents is 1. The van der Waals surface area contributed by atoms with Gasteiger partial charge in [-0.15, -0.1) is 0 Å². The van der Waals surface area contributed by atoms with E-state index >= 15 is 0 Å². The summed E-state index contributed by atoms with van der Waals surface area (Å²) in [4.78, 5) is 21.2. The maximum atomic E-state index is 11.1. The standard InChI is InChI=1S/C12H11N3O5/c1-2-14-7-9(6-13-14)20-11-5-8(15(18)19)3-4-10(11)12(16)17/h3-7H,2H2,1H3,(H,16,17). The number of ether oxygens (including phenoxy) is 1. The fourth-order valence-corrected chi connectivity index (χ4v) is 1.58. The van der Waals surface area contributed by atoms with E-state index in [1.165, 1.54) is 6.20 Å². The van der Waals surface area contributed by atoms with Crippen LogP contribution in [0.15, 0.2) is 30.6 Å². The number of carboxylic acid groups (broad SMARTS) is 1. The van der Waals surface area contributed by atoms with Crippen molar-refractivity contribution in [3.63, 3.8) is 0 Å². The first kappa shape index (κ1) is 13.5. The smallest absolute Gasteiger partial charge is 0.339 e. The maximum absolute atomic E-state index is 11.1. The molecule has 0 bridgehead atoms. The van der Waals surface area contributed by atoms with E-state index in [2.05, 4.69) is 5.10 Å². The summed E-state index contributed by atoms with van der Waals surface area (Å²) in [5, 5.41) is 23.8. The highest BCUT2D eigenvalue weighted by Gasteiger charge is 2.17. The topological polar surface area (TPSA) is 107 Å². The number of benzene rings is 1. The normalized spacial score (nSPS) is 10.2. The highest BCUT2D eigenvalue weighted by Crippen LogP contribution is 2.29. The van der Waals surface area contributed by atoms with E-state index in [4.69, 9.17) is 9.84 Å². The van der Waals surface area contributed by atoms with Crippen LogP contribution in [0, 0.1) is 10.1 Å². The summed E-state index contributed by atoms with van der Waals surface area (Å²) in [6, 6.07) is 3.33. The number of hydrogen-bond acceptors (Lipinski definition) is 5. The monoisotopic (exact) mass is 277 g/mol. The summed E-state index contributed by atoms with van der Waals surface area (Å²) in [6.07, 6.45) is 2.98. The molecule has 104 valence electrons. The average molecular weight is 277 g/mol. The van der Waals surface area contributed by atoms with Gasteiger partial charge in [0.1, 0.15) is 11.3 Å². The van der Waals surface area contributed by atoms with Gasteiger partial charge in [0.2, 0.25) is 0 Å². The molecule has 0 aliphatic heterocycles. The minimum Gasteiger partial charge on any atom is -0.478 e. The number of aromatic nitrogens is 2. The first-order valence-corrected chi connectivity index (χ1v) is 5.73. The van der Waals surface area contributed by atoms with Crippen molar-refractivity contribution in [3.8, 4) is 11.5 Å². The van der Waals surface area contributed by atoms with Crippen molar-refractivity contribution < 1.29 is 19.6 Å². The van der Waals surface area contributed by atoms with Crippen LogP contribution in [-0.4, -0.2) is 25.8 Å². The summed E-state index contributed by atoms with van der Waals surface area (Å²) in [7, 11) is 0. The maximum Gasteiger partial charge on any atom is 0.339 e. The Morgan fingerprint density at radius 2 is 2.30 bits per heavy atom. The van der Waals surface area contributed by atoms with Crippen molar-refractivity contribution in [1.29, 1.82) is 0 Å². The number of nitro groups is 1. The zero-order valence-electron chi connectivity index (χ0n) is 10.5. The van der Waals surface area contributed by atoms with Gasteiger partial charge in [-0.3, -0.25) is 14.8 Å². The summed E-state index contributed by atoms with van der Waals surface area (Å²) < 4.78 is 6.97. The number of rotatable bonds is 5. The van der Waals surface area contributed by atoms with Crippen LogP contribution in [0.2, 0.25) is 0 Å². The first-order chi connectivity index (χ1) is 9.51. The third-order valence-corrected chi connectivity index (χ3v) is 2.57. The van der Waals surface area contributed by atoms with E-state index in [0.717, 1.165) is 18.2 Å². The molecule has 8 nitrogen and oxygen atoms in total. The molecule has 8 heteroatoms. The molecule has 1 aromatic heterocycles. The van der Waals surface area contributed by atoms with Crippen molar-refractivity contribution in [1.82, 2.24) is 9.78 Å². The predicted molar refractivity (Wildman–Crippen MR) is 68.0 cm³/mol. The van der Waals surface area contributed by atoms with Crippen LogP contribution in [0.3, 0.4) is 0 Å². The largest absolute Gasteiger partial charge is 0.478 e. The van der Waals surface area contributed by atoms with Gasteiger partial charge < -0.3 is 9.84 Å². The Balaban J connectivity index is 2.39. The van der Waals surface area contributed by atoms with Gasteiger partial charge in [0.15, 0.2) is 5.75 Å². The molecular formula is C12H11N3O5. The van der Waals surface area contributed by atoms with Crippen molar-refractivity contribution >= 4 is 11.7 Å². The molecule has 0 saturated carbocycles. The summed E-state index contributed by atoms with van der Waals surface area (Å²) in [5.41, 5.74) is -0.396. The lowest BCUT2D eigenvalue weighted by Crippen LogP contribution is -2.01. The van der Waals surface area contributed by atoms with Gasteiger partial charge in [0.25, 0.3) is 5.69 Å². The Morgan fingerprint density at radius 1 is 1.55 bits per heavy atom. The van der Waals surface area contributed by atoms with E-state index < -0.39 is 10.9 Å². The number of nitrogens with zero attached hydrogens (tertiary/aromatic N) is 3. The highest BCUT2D eigenvalue weighted by atomic mass is 16.6. The van der Waals surface area contributed by atoms with Crippen molar-refractivity contribution in [2.24, 2.45) is 0 Å². The lowest BCUT2D eigenvalue weighted by Gasteiger charge is -2.06. The summed E-state index contributed by atoms with van der Waals surface area (Å²) >= 11 is 0. The Hall–Kier alpha value is -2.90. The summed E-state index contributed by atoms with van der Waals surface area (Å²) in [5.74, 6) is -1.00. The van der Waals surface area contributed by atoms with Gasteiger partial charge in [-0.25, -0.2) is 4.79 Å². The number of aryl methyl sites for hydroxylation is 1. The van der Waals surface area contributed by atoms with E-state index in [-0.39, 0.29) is 17.0 Å². The Labute approximate surface area is 113 Å². The zero-order chi connectivity index (χ0) is 14.7. The number of hydrogen-bond donors (Lipinski definition) is 1. The Morgan fingerprint density at radius 3 is 2.85 bits per heavy atom. The van der Waals surface area contributed by atoms with Gasteiger partial charge in [-0.05, 0) is 13.0 Å². The van der Waals surface area contributed by atoms with Crippen molar-refractivity contribution in [3.05, 3.63) is 46.3 Å². The summed E-state index contributed by atoms with van der Waals surface area (Å²) in [6.45, 7) is 2.51. The molecular weight excluding hydrogens is 266 g/mol. The van der Waals surface area contributed by atoms with Crippen LogP contribution in [0.25, 0.3) is 0 Å². The molecule has 0 aliphatic carbocycles. The Kier molecular flexibility index (Phi) is 3.65. The number of aromatic carboxylic acids is 1. The average Bonchev–Trinajstić information content (AvgIpc) is 2.86. The van der Waals surface area contributed by atoms with Gasteiger partial charge in [-0.2, -0.15) is 5.10 Å². The fourth-order valence-electron chi connectivity index (χ4n) is 1.58. The van der Waals surface area contributed by atoms with E-state index in [0.29, 0.717) is 12.3 Å². The van der Waals surface area contributed by atoms with Crippen LogP contribution in [0.5, 0.6) is 11.5 Å². The number of nitro benzene ring substituents is 1. The van der Waals surface area contributed by atoms with E-state index in [1.54, 1.807) is 10.9 Å². The SMILES string of the molecule is CCn1cc(Oc2cc([N+](=O)[O-])ccc2C(=O)O)cn1. The molecule has 2 aromatic rings. The molecule has 0 unspecified atom stereocenters. The number of carboxylic acids is 1. The molecule has 1 N–H and O–H groups in total. The highest BCUT2D eigenvalue weighted by molar-refractivity contribution is 5.91. The van der Waals surface area contributed by atoms with Crippen LogP contribution in [-0.2, 0) is 6.54 Å². The van der Waals surface area contributed by atoms with Gasteiger partial charge >= 0.3 is 5.97 Å². The molecule has 2 rings (SSSR count). The quantitative estimate of drug-likeness (QED) is 0.663. The molecule has 0 spiro atoms. The predicted octanol–water partition coefficient (Wildman–Crippen LogP) is 2.30. The molecule has 20 heavy (non-hydrogen) atoms. The molecule has 0 atom stereocenters. The van der Waals surface area contributed by atoms with Crippen molar-refractivity contribution in [2.75, 3.05) is 0 Å². The lowest BCUT2D eigenvalue weighted by molar-refractivity contribution is -0.384. The second-order valence-corrected chi connectivity index (χ2v) is 3.88. The molecule has 0 fully saturated rings. The third-order valence-electron chi connectivity index (χ3n) is 2.57. The van der Waals surface area contributed by atoms with E-state index in [1.807, 2.05) is 6.92 Å². The van der Waals surface area contributed by atoms with Crippen LogP contribution < -0.4 is 4.74 Å². The van der Waals surface area contributed by atoms with Crippen molar-refractivity contribution in [2.45, 2.75) is 13.5 Å². The molecule has 0 saturated heterocycles. The minimum absolute atomic E-state index is 0.0950. The molecule has 0 radical (unpaired) electrons. The third kappa shape index (κ3) is 2.74. The molecule has 1 aromatic carbocycles. The fraction of sp³-hybridized carbons (Fsp3) is 0.167. The van der Waals surface area contributed by atoms with Gasteiger partial charge in [0, 0.05) is 12.6 Å². The Bertz CT molecular complexity index is 665. The lowest BCUT2D eigenvalue weighted by atomic mass is 10.2. The molecule has 1 heterocycles. The second kappa shape index (κ2) is 5.39.